The number of nitrogens with one attached hydrogen (secondary N) is 1. The van der Waals surface area contributed by atoms with Crippen molar-refractivity contribution in [3.05, 3.63) is 36.4 Å². The average molecular weight is 319 g/mol. The van der Waals surface area contributed by atoms with Gasteiger partial charge < -0.3 is 9.51 Å². The molecule has 1 aromatic carbocycles. The molecule has 4 aliphatic carbocycles. The first-order valence-corrected chi connectivity index (χ1v) is 9.20. The van der Waals surface area contributed by atoms with Gasteiger partial charge in [-0.25, -0.2) is 0 Å². The molecule has 4 heteroatoms. The zero-order chi connectivity index (χ0) is 15.7. The highest BCUT2D eigenvalue weighted by Gasteiger charge is 2.54. The smallest absolute Gasteiger partial charge is 0.233 e. The molecule has 0 amide bonds. The molecule has 0 atom stereocenters. The van der Waals surface area contributed by atoms with Gasteiger partial charge in [-0.2, -0.15) is 4.98 Å². The second-order valence-electron chi connectivity index (χ2n) is 8.37. The van der Waals surface area contributed by atoms with Gasteiger partial charge in [-0.15, -0.1) is 0 Å². The summed E-state index contributed by atoms with van der Waals surface area (Å²) in [6.45, 7) is 0. The van der Waals surface area contributed by atoms with Crippen molar-refractivity contribution in [3.8, 4) is 11.4 Å². The Labute approximate surface area is 140 Å². The predicted octanol–water partition coefficient (Wildman–Crippen LogP) is 4.69. The molecule has 122 valence electrons. The Kier molecular flexibility index (Phi) is 2.48. The fourth-order valence-corrected chi connectivity index (χ4v) is 6.20. The van der Waals surface area contributed by atoms with Crippen molar-refractivity contribution in [3.63, 3.8) is 0 Å². The maximum atomic E-state index is 5.86. The van der Waals surface area contributed by atoms with Crippen molar-refractivity contribution >= 4 is 10.9 Å². The summed E-state index contributed by atoms with van der Waals surface area (Å²) in [4.78, 5) is 8.17. The van der Waals surface area contributed by atoms with E-state index >= 15 is 0 Å². The summed E-state index contributed by atoms with van der Waals surface area (Å²) in [5.41, 5.74) is 2.36. The lowest BCUT2D eigenvalue weighted by atomic mass is 9.49. The summed E-state index contributed by atoms with van der Waals surface area (Å²) >= 11 is 0. The number of H-pyrrole nitrogens is 1. The number of benzene rings is 1. The van der Waals surface area contributed by atoms with Crippen LogP contribution in [0.5, 0.6) is 0 Å². The Morgan fingerprint density at radius 2 is 1.75 bits per heavy atom. The van der Waals surface area contributed by atoms with Gasteiger partial charge in [-0.1, -0.05) is 17.3 Å². The van der Waals surface area contributed by atoms with Gasteiger partial charge in [0.15, 0.2) is 0 Å². The van der Waals surface area contributed by atoms with E-state index in [1.54, 1.807) is 0 Å². The molecule has 4 aliphatic rings. The Balaban J connectivity index is 1.43. The van der Waals surface area contributed by atoms with Crippen LogP contribution >= 0.6 is 0 Å². The molecule has 2 aromatic heterocycles. The summed E-state index contributed by atoms with van der Waals surface area (Å²) in [5, 5.41) is 5.54. The normalized spacial score (nSPS) is 34.2. The Morgan fingerprint density at radius 1 is 1.00 bits per heavy atom. The topological polar surface area (TPSA) is 54.7 Å². The second-order valence-corrected chi connectivity index (χ2v) is 8.37. The number of fused-ring (bicyclic) bond motifs is 1. The van der Waals surface area contributed by atoms with Gasteiger partial charge in [0.2, 0.25) is 11.7 Å². The number of nitrogens with zero attached hydrogens (tertiary/aromatic N) is 2. The molecular weight excluding hydrogens is 298 g/mol. The highest BCUT2D eigenvalue weighted by molar-refractivity contribution is 5.93. The van der Waals surface area contributed by atoms with Gasteiger partial charge in [0.25, 0.3) is 0 Å². The van der Waals surface area contributed by atoms with E-state index < -0.39 is 0 Å². The number of hydrogen-bond donors (Lipinski definition) is 1. The van der Waals surface area contributed by atoms with Crippen LogP contribution in [0.2, 0.25) is 0 Å². The minimum atomic E-state index is 0.173. The maximum absolute atomic E-state index is 5.86. The summed E-state index contributed by atoms with van der Waals surface area (Å²) in [6, 6.07) is 8.31. The van der Waals surface area contributed by atoms with Gasteiger partial charge in [0, 0.05) is 22.7 Å². The minimum absolute atomic E-state index is 0.173. The summed E-state index contributed by atoms with van der Waals surface area (Å²) in [5.74, 6) is 4.31. The van der Waals surface area contributed by atoms with Crippen LogP contribution in [0.4, 0.5) is 0 Å². The van der Waals surface area contributed by atoms with E-state index in [1.807, 2.05) is 6.20 Å². The molecule has 0 spiro atoms. The van der Waals surface area contributed by atoms with Crippen LogP contribution in [0.1, 0.15) is 44.4 Å². The van der Waals surface area contributed by atoms with Gasteiger partial charge >= 0.3 is 0 Å². The van der Waals surface area contributed by atoms with Crippen molar-refractivity contribution in [2.45, 2.75) is 43.9 Å². The van der Waals surface area contributed by atoms with Crippen molar-refractivity contribution in [2.75, 3.05) is 0 Å². The number of hydrogen-bond acceptors (Lipinski definition) is 3. The first-order chi connectivity index (χ1) is 11.8. The molecule has 4 bridgehead atoms. The molecule has 0 saturated heterocycles. The molecule has 0 unspecified atom stereocenters. The zero-order valence-corrected chi connectivity index (χ0v) is 13.7. The van der Waals surface area contributed by atoms with Crippen LogP contribution in [0, 0.1) is 17.8 Å². The first-order valence-electron chi connectivity index (χ1n) is 9.20. The highest BCUT2D eigenvalue weighted by Crippen LogP contribution is 2.60. The monoisotopic (exact) mass is 319 g/mol. The van der Waals surface area contributed by atoms with Crippen LogP contribution in [-0.2, 0) is 5.41 Å². The molecule has 24 heavy (non-hydrogen) atoms. The lowest BCUT2D eigenvalue weighted by molar-refractivity contribution is -0.0201. The van der Waals surface area contributed by atoms with Crippen molar-refractivity contribution in [1.29, 1.82) is 0 Å². The van der Waals surface area contributed by atoms with Crippen molar-refractivity contribution < 1.29 is 4.52 Å². The van der Waals surface area contributed by atoms with Gasteiger partial charge in [-0.3, -0.25) is 0 Å². The molecular formula is C20H21N3O. The minimum Gasteiger partial charge on any atom is -0.361 e. The number of rotatable bonds is 2. The summed E-state index contributed by atoms with van der Waals surface area (Å²) in [7, 11) is 0. The predicted molar refractivity (Wildman–Crippen MR) is 91.4 cm³/mol. The molecule has 3 aromatic rings. The SMILES string of the molecule is c1cc(-c2noc(C34CC5CC(CC(C5)C3)C4)n2)c2cc[nH]c2c1. The molecule has 2 heterocycles. The largest absolute Gasteiger partial charge is 0.361 e. The highest BCUT2D eigenvalue weighted by atomic mass is 16.5. The third-order valence-corrected chi connectivity index (χ3v) is 6.75. The van der Waals surface area contributed by atoms with Crippen LogP contribution < -0.4 is 0 Å². The van der Waals surface area contributed by atoms with Crippen LogP contribution in [0.3, 0.4) is 0 Å². The standard InChI is InChI=1S/C20H21N3O/c1-2-16(15-4-5-21-17(15)3-1)18-22-19(24-23-18)20-9-12-6-13(10-20)8-14(7-12)11-20/h1-5,12-14,21H,6-11H2. The van der Waals surface area contributed by atoms with E-state index in [9.17, 15) is 0 Å². The fourth-order valence-electron chi connectivity index (χ4n) is 6.20. The zero-order valence-electron chi connectivity index (χ0n) is 13.7. The average Bonchev–Trinajstić information content (AvgIpc) is 3.23. The van der Waals surface area contributed by atoms with E-state index in [0.29, 0.717) is 0 Å². The maximum Gasteiger partial charge on any atom is 0.233 e. The quantitative estimate of drug-likeness (QED) is 0.746. The Morgan fingerprint density at radius 3 is 2.50 bits per heavy atom. The van der Waals surface area contributed by atoms with Crippen LogP contribution in [0.25, 0.3) is 22.3 Å². The summed E-state index contributed by atoms with van der Waals surface area (Å²) < 4.78 is 5.86. The van der Waals surface area contributed by atoms with E-state index in [-0.39, 0.29) is 5.41 Å². The lowest BCUT2D eigenvalue weighted by Crippen LogP contribution is -2.48. The molecule has 7 rings (SSSR count). The fraction of sp³-hybridized carbons (Fsp3) is 0.500. The van der Waals surface area contributed by atoms with E-state index in [0.717, 1.165) is 45.9 Å². The van der Waals surface area contributed by atoms with Crippen LogP contribution in [0.15, 0.2) is 35.0 Å². The van der Waals surface area contributed by atoms with Gasteiger partial charge in [0.05, 0.1) is 5.41 Å². The number of aromatic nitrogens is 3. The molecule has 4 fully saturated rings. The Hall–Kier alpha value is -2.10. The third kappa shape index (κ3) is 1.74. The second kappa shape index (κ2) is 4.50. The van der Waals surface area contributed by atoms with E-state index in [1.165, 1.54) is 38.5 Å². The van der Waals surface area contributed by atoms with Crippen molar-refractivity contribution in [1.82, 2.24) is 15.1 Å². The van der Waals surface area contributed by atoms with Crippen LogP contribution in [-0.4, -0.2) is 15.1 Å². The van der Waals surface area contributed by atoms with Gasteiger partial charge in [-0.05, 0) is 68.4 Å². The number of aromatic amines is 1. The molecule has 4 saturated carbocycles. The Bertz CT molecular complexity index is 886. The third-order valence-electron chi connectivity index (χ3n) is 6.75. The van der Waals surface area contributed by atoms with E-state index in [2.05, 4.69) is 34.4 Å². The molecule has 4 nitrogen and oxygen atoms in total. The van der Waals surface area contributed by atoms with Gasteiger partial charge in [0.1, 0.15) is 0 Å². The molecule has 0 aliphatic heterocycles. The van der Waals surface area contributed by atoms with Crippen molar-refractivity contribution in [2.24, 2.45) is 17.8 Å². The van der Waals surface area contributed by atoms with E-state index in [4.69, 9.17) is 9.51 Å². The summed E-state index contributed by atoms with van der Waals surface area (Å²) in [6.07, 6.45) is 10.0. The molecule has 0 radical (unpaired) electrons. The lowest BCUT2D eigenvalue weighted by Gasteiger charge is -2.55. The first kappa shape index (κ1) is 13.2. The molecule has 1 N–H and O–H groups in total.